The van der Waals surface area contributed by atoms with Gasteiger partial charge in [0.05, 0.1) is 30.6 Å². The molecular weight excluding hydrogens is 383 g/mol. The number of benzene rings is 2. The first kappa shape index (κ1) is 19.6. The zero-order chi connectivity index (χ0) is 21.1. The molecule has 0 radical (unpaired) electrons. The summed E-state index contributed by atoms with van der Waals surface area (Å²) in [5.74, 6) is -0.647. The first-order valence-electron chi connectivity index (χ1n) is 9.65. The lowest BCUT2D eigenvalue weighted by Crippen LogP contribution is -2.21. The Balaban J connectivity index is 1.62. The van der Waals surface area contributed by atoms with Crippen LogP contribution >= 0.6 is 0 Å². The van der Waals surface area contributed by atoms with E-state index in [-0.39, 0.29) is 17.5 Å². The fraction of sp³-hybridized carbons (Fsp3) is 0.174. The number of halogens is 1. The number of amides is 1. The molecule has 0 fully saturated rings. The molecule has 0 aliphatic heterocycles. The summed E-state index contributed by atoms with van der Waals surface area (Å²) in [6.45, 7) is 1.93. The minimum atomic E-state index is -0.501. The molecule has 152 valence electrons. The smallest absolute Gasteiger partial charge is 0.231 e. The van der Waals surface area contributed by atoms with Crippen molar-refractivity contribution in [2.75, 3.05) is 12.4 Å². The molecule has 0 aliphatic carbocycles. The van der Waals surface area contributed by atoms with Gasteiger partial charge in [-0.3, -0.25) is 4.79 Å². The van der Waals surface area contributed by atoms with Crippen molar-refractivity contribution in [3.05, 3.63) is 78.2 Å². The first-order valence-corrected chi connectivity index (χ1v) is 9.65. The normalized spacial score (nSPS) is 12.0. The number of methoxy groups -OCH3 is 1. The Hall–Kier alpha value is -3.74. The number of hydrogen-bond acceptors (Lipinski definition) is 4. The third kappa shape index (κ3) is 3.87. The van der Waals surface area contributed by atoms with Crippen molar-refractivity contribution in [2.45, 2.75) is 19.3 Å². The van der Waals surface area contributed by atoms with Gasteiger partial charge in [-0.05, 0) is 36.2 Å². The summed E-state index contributed by atoms with van der Waals surface area (Å²) < 4.78 is 21.2. The molecule has 1 amide bonds. The second-order valence-corrected chi connectivity index (χ2v) is 6.86. The van der Waals surface area contributed by atoms with Crippen LogP contribution in [0.25, 0.3) is 16.9 Å². The van der Waals surface area contributed by atoms with Crippen molar-refractivity contribution in [1.82, 2.24) is 14.6 Å². The molecule has 30 heavy (non-hydrogen) atoms. The summed E-state index contributed by atoms with van der Waals surface area (Å²) in [5.41, 5.74) is 2.94. The van der Waals surface area contributed by atoms with E-state index in [9.17, 15) is 9.18 Å². The first-order chi connectivity index (χ1) is 14.6. The van der Waals surface area contributed by atoms with Crippen molar-refractivity contribution < 1.29 is 13.9 Å². The van der Waals surface area contributed by atoms with E-state index in [1.807, 2.05) is 37.3 Å². The van der Waals surface area contributed by atoms with E-state index in [1.54, 1.807) is 42.1 Å². The molecule has 0 unspecified atom stereocenters. The summed E-state index contributed by atoms with van der Waals surface area (Å²) in [4.78, 5) is 17.4. The van der Waals surface area contributed by atoms with Gasteiger partial charge >= 0.3 is 0 Å². The highest BCUT2D eigenvalue weighted by molar-refractivity contribution is 5.96. The van der Waals surface area contributed by atoms with Gasteiger partial charge in [0.1, 0.15) is 5.82 Å². The average molecular weight is 404 g/mol. The van der Waals surface area contributed by atoms with Crippen molar-refractivity contribution in [1.29, 1.82) is 0 Å². The minimum absolute atomic E-state index is 0.120. The summed E-state index contributed by atoms with van der Waals surface area (Å²) in [7, 11) is 1.54. The number of imidazole rings is 1. The molecular formula is C23H21FN4O2. The Bertz CT molecular complexity index is 1190. The maximum absolute atomic E-state index is 14.4. The van der Waals surface area contributed by atoms with E-state index in [2.05, 4.69) is 15.4 Å². The van der Waals surface area contributed by atoms with Gasteiger partial charge in [0.25, 0.3) is 0 Å². The van der Waals surface area contributed by atoms with Crippen LogP contribution in [0.15, 0.2) is 66.9 Å². The van der Waals surface area contributed by atoms with Crippen molar-refractivity contribution in [2.24, 2.45) is 0 Å². The lowest BCUT2D eigenvalue weighted by molar-refractivity contribution is -0.117. The largest absolute Gasteiger partial charge is 0.480 e. The van der Waals surface area contributed by atoms with Crippen LogP contribution in [0.1, 0.15) is 24.8 Å². The second kappa shape index (κ2) is 8.32. The Morgan fingerprint density at radius 2 is 1.97 bits per heavy atom. The molecule has 0 bridgehead atoms. The highest BCUT2D eigenvalue weighted by atomic mass is 19.1. The Morgan fingerprint density at radius 3 is 2.70 bits per heavy atom. The van der Waals surface area contributed by atoms with Crippen LogP contribution in [0, 0.1) is 5.82 Å². The van der Waals surface area contributed by atoms with Crippen LogP contribution in [-0.4, -0.2) is 27.6 Å². The molecule has 6 nitrogen and oxygen atoms in total. The molecule has 2 heterocycles. The lowest BCUT2D eigenvalue weighted by Gasteiger charge is -2.16. The van der Waals surface area contributed by atoms with E-state index in [0.29, 0.717) is 29.2 Å². The molecule has 4 rings (SSSR count). The molecule has 1 N–H and O–H groups in total. The van der Waals surface area contributed by atoms with Crippen molar-refractivity contribution in [3.63, 3.8) is 0 Å². The van der Waals surface area contributed by atoms with Crippen LogP contribution in [0.3, 0.4) is 0 Å². The average Bonchev–Trinajstić information content (AvgIpc) is 3.20. The van der Waals surface area contributed by atoms with Crippen molar-refractivity contribution >= 4 is 17.2 Å². The highest BCUT2D eigenvalue weighted by Crippen LogP contribution is 2.27. The number of rotatable bonds is 6. The highest BCUT2D eigenvalue weighted by Gasteiger charge is 2.20. The quantitative estimate of drug-likeness (QED) is 0.507. The van der Waals surface area contributed by atoms with Gasteiger partial charge in [-0.2, -0.15) is 0 Å². The molecule has 0 aliphatic rings. The number of anilines is 1. The number of fused-ring (bicyclic) bond motifs is 1. The van der Waals surface area contributed by atoms with Crippen molar-refractivity contribution in [3.8, 4) is 17.1 Å². The maximum Gasteiger partial charge on any atom is 0.231 e. The lowest BCUT2D eigenvalue weighted by atomic mass is 9.95. The third-order valence-corrected chi connectivity index (χ3v) is 4.95. The molecule has 2 aromatic carbocycles. The van der Waals surface area contributed by atoms with Crippen LogP contribution in [0.2, 0.25) is 0 Å². The van der Waals surface area contributed by atoms with Crippen LogP contribution in [0.4, 0.5) is 10.1 Å². The summed E-state index contributed by atoms with van der Waals surface area (Å²) in [6, 6.07) is 17.5. The predicted octanol–water partition coefficient (Wildman–Crippen LogP) is 4.68. The second-order valence-electron chi connectivity index (χ2n) is 6.86. The van der Waals surface area contributed by atoms with E-state index < -0.39 is 5.82 Å². The number of carbonyl (C=O) groups is 1. The molecule has 7 heteroatoms. The zero-order valence-corrected chi connectivity index (χ0v) is 16.7. The zero-order valence-electron chi connectivity index (χ0n) is 16.7. The minimum Gasteiger partial charge on any atom is -0.480 e. The van der Waals surface area contributed by atoms with Gasteiger partial charge < -0.3 is 10.1 Å². The number of carbonyl (C=O) groups excluding carboxylic acids is 1. The predicted molar refractivity (Wildman–Crippen MR) is 113 cm³/mol. The van der Waals surface area contributed by atoms with E-state index in [0.717, 1.165) is 5.56 Å². The molecule has 0 saturated heterocycles. The summed E-state index contributed by atoms with van der Waals surface area (Å²) in [6.07, 6.45) is 2.34. The SMILES string of the molecule is CC[C@@H](C(=O)Nc1cc(-c2cn3nc(OC)ccc3n2)ccc1F)c1ccccc1. The fourth-order valence-corrected chi connectivity index (χ4v) is 3.37. The number of nitrogens with one attached hydrogen (secondary N) is 1. The number of aromatic nitrogens is 3. The Labute approximate surface area is 173 Å². The van der Waals surface area contributed by atoms with E-state index in [1.165, 1.54) is 6.07 Å². The van der Waals surface area contributed by atoms with Gasteiger partial charge in [0, 0.05) is 11.6 Å². The van der Waals surface area contributed by atoms with Gasteiger partial charge in [-0.1, -0.05) is 37.3 Å². The number of hydrogen-bond donors (Lipinski definition) is 1. The number of ether oxygens (including phenoxy) is 1. The Morgan fingerprint density at radius 1 is 1.17 bits per heavy atom. The van der Waals surface area contributed by atoms with Gasteiger partial charge in [-0.15, -0.1) is 5.10 Å². The monoisotopic (exact) mass is 404 g/mol. The Kier molecular flexibility index (Phi) is 5.43. The summed E-state index contributed by atoms with van der Waals surface area (Å²) >= 11 is 0. The number of nitrogens with zero attached hydrogens (tertiary/aromatic N) is 3. The maximum atomic E-state index is 14.4. The van der Waals surface area contributed by atoms with E-state index >= 15 is 0 Å². The van der Waals surface area contributed by atoms with Gasteiger partial charge in [0.2, 0.25) is 11.8 Å². The van der Waals surface area contributed by atoms with E-state index in [4.69, 9.17) is 4.74 Å². The van der Waals surface area contributed by atoms with Crippen LogP contribution in [-0.2, 0) is 4.79 Å². The van der Waals surface area contributed by atoms with Gasteiger partial charge in [0.15, 0.2) is 5.65 Å². The third-order valence-electron chi connectivity index (χ3n) is 4.95. The molecule has 0 spiro atoms. The molecule has 0 saturated carbocycles. The van der Waals surface area contributed by atoms with Crippen LogP contribution in [0.5, 0.6) is 5.88 Å². The van der Waals surface area contributed by atoms with Gasteiger partial charge in [-0.25, -0.2) is 13.9 Å². The molecule has 1 atom stereocenters. The molecule has 2 aromatic heterocycles. The van der Waals surface area contributed by atoms with Crippen LogP contribution < -0.4 is 10.1 Å². The summed E-state index contributed by atoms with van der Waals surface area (Å²) in [5, 5.41) is 7.02. The molecule has 4 aromatic rings. The fourth-order valence-electron chi connectivity index (χ4n) is 3.37. The standard InChI is InChI=1S/C23H21FN4O2/c1-3-17(15-7-5-4-6-8-15)23(29)26-19-13-16(9-10-18(19)24)20-14-28-21(25-20)11-12-22(27-28)30-2/h4-14,17H,3H2,1-2H3,(H,26,29)/t17-/m1/s1. The topological polar surface area (TPSA) is 68.5 Å².